The van der Waals surface area contributed by atoms with Crippen molar-refractivity contribution in [3.05, 3.63) is 12.2 Å². The van der Waals surface area contributed by atoms with Crippen molar-refractivity contribution >= 4 is 0 Å². The van der Waals surface area contributed by atoms with E-state index in [9.17, 15) is 0 Å². The van der Waals surface area contributed by atoms with Crippen LogP contribution in [0.25, 0.3) is 0 Å². The van der Waals surface area contributed by atoms with Crippen molar-refractivity contribution < 1.29 is 0 Å². The topological polar surface area (TPSA) is 0 Å². The van der Waals surface area contributed by atoms with E-state index in [4.69, 9.17) is 0 Å². The molecule has 0 N–H and O–H groups in total. The number of rotatable bonds is 7. The van der Waals surface area contributed by atoms with Gasteiger partial charge in [0.05, 0.1) is 0 Å². The third kappa shape index (κ3) is 7.46. The molecule has 2 saturated carbocycles. The fourth-order valence-electron chi connectivity index (χ4n) is 4.71. The van der Waals surface area contributed by atoms with E-state index >= 15 is 0 Å². The lowest BCUT2D eigenvalue weighted by molar-refractivity contribution is 0.294. The highest BCUT2D eigenvalue weighted by atomic mass is 14.2. The van der Waals surface area contributed by atoms with E-state index in [1.807, 2.05) is 0 Å². The van der Waals surface area contributed by atoms with Gasteiger partial charge in [0.15, 0.2) is 0 Å². The van der Waals surface area contributed by atoms with E-state index in [-0.39, 0.29) is 0 Å². The highest BCUT2D eigenvalue weighted by Crippen LogP contribution is 2.33. The zero-order valence-electron chi connectivity index (χ0n) is 16.4. The van der Waals surface area contributed by atoms with Gasteiger partial charge in [0.1, 0.15) is 0 Å². The molecule has 0 aromatic heterocycles. The SMILES string of the molecule is CCCCCC1CCC(C#C/C=C/C2CCC(CCC)CC2)CC1. The Morgan fingerprint density at radius 1 is 0.750 bits per heavy atom. The predicted molar refractivity (Wildman–Crippen MR) is 107 cm³/mol. The fraction of sp³-hybridized carbons (Fsp3) is 0.833. The summed E-state index contributed by atoms with van der Waals surface area (Å²) in [5.41, 5.74) is 0. The quantitative estimate of drug-likeness (QED) is 0.334. The Morgan fingerprint density at radius 2 is 1.42 bits per heavy atom. The molecule has 0 saturated heterocycles. The van der Waals surface area contributed by atoms with Crippen LogP contribution < -0.4 is 0 Å². The van der Waals surface area contributed by atoms with Crippen LogP contribution in [0, 0.1) is 35.5 Å². The van der Waals surface area contributed by atoms with Gasteiger partial charge in [0.2, 0.25) is 0 Å². The molecule has 2 aliphatic rings. The standard InChI is InChI=1S/C24H40/c1-3-5-6-10-22-17-19-24(20-18-22)12-8-7-11-23-15-13-21(9-4-2)14-16-23/h7,11,21-24H,3-6,9-10,13-20H2,1-2H3/b11-7+. The minimum absolute atomic E-state index is 0.678. The van der Waals surface area contributed by atoms with E-state index in [2.05, 4.69) is 37.8 Å². The highest BCUT2D eigenvalue weighted by molar-refractivity contribution is 5.18. The van der Waals surface area contributed by atoms with Gasteiger partial charge in [-0.1, -0.05) is 70.3 Å². The lowest BCUT2D eigenvalue weighted by Crippen LogP contribution is -2.13. The summed E-state index contributed by atoms with van der Waals surface area (Å²) in [7, 11) is 0. The second kappa shape index (κ2) is 11.8. The fourth-order valence-corrected chi connectivity index (χ4v) is 4.71. The summed E-state index contributed by atoms with van der Waals surface area (Å²) in [6, 6.07) is 0. The average Bonchev–Trinajstić information content (AvgIpc) is 2.62. The van der Waals surface area contributed by atoms with Gasteiger partial charge in [-0.3, -0.25) is 0 Å². The molecule has 0 amide bonds. The Balaban J connectivity index is 1.60. The van der Waals surface area contributed by atoms with Gasteiger partial charge in [-0.25, -0.2) is 0 Å². The molecular weight excluding hydrogens is 288 g/mol. The van der Waals surface area contributed by atoms with Crippen LogP contribution >= 0.6 is 0 Å². The van der Waals surface area contributed by atoms with Gasteiger partial charge in [0.25, 0.3) is 0 Å². The third-order valence-electron chi connectivity index (χ3n) is 6.39. The van der Waals surface area contributed by atoms with E-state index < -0.39 is 0 Å². The van der Waals surface area contributed by atoms with E-state index in [1.54, 1.807) is 0 Å². The third-order valence-corrected chi connectivity index (χ3v) is 6.39. The average molecular weight is 329 g/mol. The maximum Gasteiger partial charge on any atom is 0.0206 e. The second-order valence-corrected chi connectivity index (χ2v) is 8.43. The molecule has 0 spiro atoms. The summed E-state index contributed by atoms with van der Waals surface area (Å²) in [5, 5.41) is 0. The Morgan fingerprint density at radius 3 is 2.08 bits per heavy atom. The number of unbranched alkanes of at least 4 members (excludes halogenated alkanes) is 2. The van der Waals surface area contributed by atoms with Gasteiger partial charge < -0.3 is 0 Å². The van der Waals surface area contributed by atoms with E-state index in [0.717, 1.165) is 17.8 Å². The van der Waals surface area contributed by atoms with Crippen LogP contribution in [0.5, 0.6) is 0 Å². The molecule has 0 bridgehead atoms. The first-order chi connectivity index (χ1) is 11.8. The number of hydrogen-bond donors (Lipinski definition) is 0. The second-order valence-electron chi connectivity index (χ2n) is 8.43. The molecule has 2 fully saturated rings. The molecule has 2 aliphatic carbocycles. The van der Waals surface area contributed by atoms with Crippen LogP contribution in [0.4, 0.5) is 0 Å². The first-order valence-electron chi connectivity index (χ1n) is 11.0. The van der Waals surface area contributed by atoms with E-state index in [0.29, 0.717) is 5.92 Å². The van der Waals surface area contributed by atoms with Crippen LogP contribution in [-0.4, -0.2) is 0 Å². The first kappa shape index (κ1) is 19.6. The van der Waals surface area contributed by atoms with Gasteiger partial charge >= 0.3 is 0 Å². The number of hydrogen-bond acceptors (Lipinski definition) is 0. The lowest BCUT2D eigenvalue weighted by atomic mass is 9.79. The Hall–Kier alpha value is -0.700. The molecule has 0 heterocycles. The molecule has 136 valence electrons. The van der Waals surface area contributed by atoms with Gasteiger partial charge in [-0.05, 0) is 75.2 Å². The van der Waals surface area contributed by atoms with Crippen LogP contribution in [0.2, 0.25) is 0 Å². The van der Waals surface area contributed by atoms with Crippen LogP contribution in [0.3, 0.4) is 0 Å². The zero-order valence-corrected chi connectivity index (χ0v) is 16.4. The van der Waals surface area contributed by atoms with Crippen molar-refractivity contribution in [2.75, 3.05) is 0 Å². The van der Waals surface area contributed by atoms with E-state index in [1.165, 1.54) is 89.9 Å². The lowest BCUT2D eigenvalue weighted by Gasteiger charge is -2.26. The molecule has 0 heteroatoms. The summed E-state index contributed by atoms with van der Waals surface area (Å²) in [6.07, 6.45) is 24.3. The molecule has 0 aromatic carbocycles. The van der Waals surface area contributed by atoms with Crippen LogP contribution in [-0.2, 0) is 0 Å². The zero-order chi connectivity index (χ0) is 17.0. The normalized spacial score (nSPS) is 30.9. The predicted octanol–water partition coefficient (Wildman–Crippen LogP) is 7.54. The Labute approximate surface area is 151 Å². The molecular formula is C24H40. The summed E-state index contributed by atoms with van der Waals surface area (Å²) in [5.74, 6) is 10.4. The van der Waals surface area contributed by atoms with Gasteiger partial charge in [-0.2, -0.15) is 0 Å². The minimum Gasteiger partial charge on any atom is -0.0951 e. The van der Waals surface area contributed by atoms with Gasteiger partial charge in [-0.15, -0.1) is 0 Å². The summed E-state index contributed by atoms with van der Waals surface area (Å²) in [6.45, 7) is 4.62. The van der Waals surface area contributed by atoms with Gasteiger partial charge in [0, 0.05) is 5.92 Å². The van der Waals surface area contributed by atoms with Crippen molar-refractivity contribution in [1.29, 1.82) is 0 Å². The molecule has 0 aliphatic heterocycles. The van der Waals surface area contributed by atoms with Crippen molar-refractivity contribution in [3.63, 3.8) is 0 Å². The molecule has 2 rings (SSSR count). The van der Waals surface area contributed by atoms with Crippen molar-refractivity contribution in [2.45, 2.75) is 104 Å². The summed E-state index contributed by atoms with van der Waals surface area (Å²) < 4.78 is 0. The summed E-state index contributed by atoms with van der Waals surface area (Å²) >= 11 is 0. The van der Waals surface area contributed by atoms with Crippen LogP contribution in [0.1, 0.15) is 104 Å². The number of allylic oxidation sites excluding steroid dienone is 2. The van der Waals surface area contributed by atoms with Crippen molar-refractivity contribution in [1.82, 2.24) is 0 Å². The van der Waals surface area contributed by atoms with Crippen molar-refractivity contribution in [2.24, 2.45) is 23.7 Å². The van der Waals surface area contributed by atoms with Crippen LogP contribution in [0.15, 0.2) is 12.2 Å². The Bertz CT molecular complexity index is 391. The first-order valence-corrected chi connectivity index (χ1v) is 11.0. The summed E-state index contributed by atoms with van der Waals surface area (Å²) in [4.78, 5) is 0. The molecule has 0 radical (unpaired) electrons. The molecule has 24 heavy (non-hydrogen) atoms. The smallest absolute Gasteiger partial charge is 0.0206 e. The van der Waals surface area contributed by atoms with Crippen molar-refractivity contribution in [3.8, 4) is 11.8 Å². The molecule has 0 aromatic rings. The molecule has 0 unspecified atom stereocenters. The monoisotopic (exact) mass is 328 g/mol. The molecule has 0 nitrogen and oxygen atoms in total. The Kier molecular flexibility index (Phi) is 9.64. The highest BCUT2D eigenvalue weighted by Gasteiger charge is 2.19. The minimum atomic E-state index is 0.678. The maximum atomic E-state index is 3.54. The maximum absolute atomic E-state index is 3.54. The largest absolute Gasteiger partial charge is 0.0951 e. The molecule has 0 atom stereocenters.